The van der Waals surface area contributed by atoms with Crippen molar-refractivity contribution in [2.24, 2.45) is 0 Å². The standard InChI is InChI=1S/C19H18F2N6O2/c1-25-6-2-7-27-17(18(25)28)12-10-26(8-5-14(12)24-27)19(29)23-15-4-3-13(20)11(9-22)16(15)21/h3-4H,2,5-8,10H2,1H3,(H,23,29). The second-order valence-electron chi connectivity index (χ2n) is 7.07. The number of amides is 3. The summed E-state index contributed by atoms with van der Waals surface area (Å²) in [5, 5.41) is 15.8. The first-order valence-corrected chi connectivity index (χ1v) is 9.18. The number of nitrogens with one attached hydrogen (secondary N) is 1. The first kappa shape index (κ1) is 18.9. The van der Waals surface area contributed by atoms with Crippen molar-refractivity contribution in [1.29, 1.82) is 5.26 Å². The number of aromatic nitrogens is 2. The molecule has 2 aliphatic heterocycles. The minimum atomic E-state index is -1.12. The van der Waals surface area contributed by atoms with Crippen LogP contribution >= 0.6 is 0 Å². The lowest BCUT2D eigenvalue weighted by Crippen LogP contribution is -2.39. The molecule has 10 heteroatoms. The zero-order chi connectivity index (χ0) is 20.7. The molecule has 0 aliphatic carbocycles. The van der Waals surface area contributed by atoms with Crippen molar-refractivity contribution in [3.8, 4) is 6.07 Å². The van der Waals surface area contributed by atoms with Crippen LogP contribution < -0.4 is 5.32 Å². The van der Waals surface area contributed by atoms with E-state index >= 15 is 0 Å². The Morgan fingerprint density at radius 2 is 2.07 bits per heavy atom. The van der Waals surface area contributed by atoms with Gasteiger partial charge in [0.25, 0.3) is 5.91 Å². The monoisotopic (exact) mass is 400 g/mol. The highest BCUT2D eigenvalue weighted by Gasteiger charge is 2.32. The summed E-state index contributed by atoms with van der Waals surface area (Å²) in [4.78, 5) is 28.5. The molecule has 3 amide bonds. The fraction of sp³-hybridized carbons (Fsp3) is 0.368. The van der Waals surface area contributed by atoms with E-state index in [2.05, 4.69) is 10.4 Å². The summed E-state index contributed by atoms with van der Waals surface area (Å²) in [7, 11) is 1.73. The van der Waals surface area contributed by atoms with Crippen molar-refractivity contribution in [2.75, 3.05) is 25.5 Å². The lowest BCUT2D eigenvalue weighted by Gasteiger charge is -2.27. The van der Waals surface area contributed by atoms with Crippen LogP contribution in [0.5, 0.6) is 0 Å². The summed E-state index contributed by atoms with van der Waals surface area (Å²) in [5.41, 5.74) is 0.940. The number of anilines is 1. The quantitative estimate of drug-likeness (QED) is 0.793. The molecule has 29 heavy (non-hydrogen) atoms. The average Bonchev–Trinajstić information content (AvgIpc) is 3.00. The van der Waals surface area contributed by atoms with Crippen molar-refractivity contribution < 1.29 is 18.4 Å². The van der Waals surface area contributed by atoms with Gasteiger partial charge in [-0.05, 0) is 18.6 Å². The second kappa shape index (κ2) is 7.16. The smallest absolute Gasteiger partial charge is 0.322 e. The molecule has 0 spiro atoms. The normalized spacial score (nSPS) is 16.0. The van der Waals surface area contributed by atoms with Crippen molar-refractivity contribution in [2.45, 2.75) is 25.9 Å². The van der Waals surface area contributed by atoms with Crippen LogP contribution in [0.3, 0.4) is 0 Å². The van der Waals surface area contributed by atoms with E-state index in [1.165, 1.54) is 11.0 Å². The molecule has 1 aromatic heterocycles. The second-order valence-corrected chi connectivity index (χ2v) is 7.07. The Bertz CT molecular complexity index is 1060. The van der Waals surface area contributed by atoms with E-state index in [0.717, 1.165) is 24.2 Å². The highest BCUT2D eigenvalue weighted by molar-refractivity contribution is 5.95. The zero-order valence-corrected chi connectivity index (χ0v) is 15.7. The molecule has 0 saturated carbocycles. The van der Waals surface area contributed by atoms with E-state index in [4.69, 9.17) is 5.26 Å². The molecular formula is C19H18F2N6O2. The minimum Gasteiger partial charge on any atom is -0.340 e. The number of hydrogen-bond donors (Lipinski definition) is 1. The Kier molecular flexibility index (Phi) is 4.66. The molecular weight excluding hydrogens is 382 g/mol. The van der Waals surface area contributed by atoms with Crippen molar-refractivity contribution in [3.63, 3.8) is 0 Å². The molecule has 1 aromatic carbocycles. The number of nitrogens with zero attached hydrogens (tertiary/aromatic N) is 5. The molecule has 2 aliphatic rings. The van der Waals surface area contributed by atoms with Crippen LogP contribution in [0.25, 0.3) is 0 Å². The molecule has 8 nitrogen and oxygen atoms in total. The van der Waals surface area contributed by atoms with Gasteiger partial charge in [0.05, 0.1) is 17.9 Å². The number of nitriles is 1. The van der Waals surface area contributed by atoms with Crippen LogP contribution in [0.2, 0.25) is 0 Å². The van der Waals surface area contributed by atoms with E-state index in [1.54, 1.807) is 16.6 Å². The SMILES string of the molecule is CN1CCCn2nc3c(c2C1=O)CN(C(=O)Nc1ccc(F)c(C#N)c1F)CC3. The van der Waals surface area contributed by atoms with Gasteiger partial charge >= 0.3 is 6.03 Å². The van der Waals surface area contributed by atoms with Gasteiger partial charge in [-0.3, -0.25) is 9.48 Å². The van der Waals surface area contributed by atoms with Gasteiger partial charge in [0.2, 0.25) is 0 Å². The van der Waals surface area contributed by atoms with Gasteiger partial charge in [-0.15, -0.1) is 0 Å². The molecule has 150 valence electrons. The minimum absolute atomic E-state index is 0.137. The largest absolute Gasteiger partial charge is 0.340 e. The van der Waals surface area contributed by atoms with Crippen LogP contribution in [0.15, 0.2) is 12.1 Å². The Morgan fingerprint density at radius 1 is 1.28 bits per heavy atom. The van der Waals surface area contributed by atoms with E-state index in [0.29, 0.717) is 37.3 Å². The molecule has 0 saturated heterocycles. The third-order valence-electron chi connectivity index (χ3n) is 5.25. The maximum Gasteiger partial charge on any atom is 0.322 e. The highest BCUT2D eigenvalue weighted by Crippen LogP contribution is 2.26. The molecule has 0 fully saturated rings. The highest BCUT2D eigenvalue weighted by atomic mass is 19.1. The van der Waals surface area contributed by atoms with Gasteiger partial charge in [0, 0.05) is 38.7 Å². The number of urea groups is 1. The van der Waals surface area contributed by atoms with Gasteiger partial charge in [-0.1, -0.05) is 0 Å². The summed E-state index contributed by atoms with van der Waals surface area (Å²) in [6, 6.07) is 2.85. The molecule has 4 rings (SSSR count). The number of carbonyl (C=O) groups is 2. The summed E-state index contributed by atoms with van der Waals surface area (Å²) in [6.45, 7) is 1.76. The van der Waals surface area contributed by atoms with Gasteiger partial charge in [-0.2, -0.15) is 10.4 Å². The number of carbonyl (C=O) groups excluding carboxylic acids is 2. The number of halogens is 2. The average molecular weight is 400 g/mol. The first-order valence-electron chi connectivity index (χ1n) is 9.18. The number of benzene rings is 1. The van der Waals surface area contributed by atoms with E-state index in [9.17, 15) is 18.4 Å². The van der Waals surface area contributed by atoms with Crippen molar-refractivity contribution in [3.05, 3.63) is 46.3 Å². The van der Waals surface area contributed by atoms with Gasteiger partial charge < -0.3 is 15.1 Å². The first-order chi connectivity index (χ1) is 13.9. The third-order valence-corrected chi connectivity index (χ3v) is 5.25. The summed E-state index contributed by atoms with van der Waals surface area (Å²) in [5.74, 6) is -2.24. The van der Waals surface area contributed by atoms with E-state index in [-0.39, 0.29) is 18.1 Å². The lowest BCUT2D eigenvalue weighted by atomic mass is 10.0. The van der Waals surface area contributed by atoms with Crippen LogP contribution in [0, 0.1) is 23.0 Å². The van der Waals surface area contributed by atoms with E-state index in [1.807, 2.05) is 0 Å². The molecule has 0 radical (unpaired) electrons. The Hall–Kier alpha value is -3.48. The Labute approximate surface area is 165 Å². The van der Waals surface area contributed by atoms with Gasteiger partial charge in [0.1, 0.15) is 23.1 Å². The Balaban J connectivity index is 1.58. The fourth-order valence-electron chi connectivity index (χ4n) is 3.69. The van der Waals surface area contributed by atoms with Crippen LogP contribution in [-0.4, -0.2) is 51.7 Å². The predicted octanol–water partition coefficient (Wildman–Crippen LogP) is 2.10. The zero-order valence-electron chi connectivity index (χ0n) is 15.7. The molecule has 0 atom stereocenters. The molecule has 1 N–H and O–H groups in total. The van der Waals surface area contributed by atoms with E-state index < -0.39 is 23.2 Å². The number of rotatable bonds is 1. The lowest BCUT2D eigenvalue weighted by molar-refractivity contribution is 0.0793. The number of hydrogen-bond acceptors (Lipinski definition) is 4. The molecule has 0 unspecified atom stereocenters. The molecule has 0 bridgehead atoms. The Morgan fingerprint density at radius 3 is 2.83 bits per heavy atom. The van der Waals surface area contributed by atoms with Gasteiger partial charge in [0.15, 0.2) is 5.82 Å². The van der Waals surface area contributed by atoms with Crippen LogP contribution in [0.4, 0.5) is 19.3 Å². The maximum absolute atomic E-state index is 14.3. The van der Waals surface area contributed by atoms with Crippen molar-refractivity contribution >= 4 is 17.6 Å². The van der Waals surface area contributed by atoms with Gasteiger partial charge in [-0.25, -0.2) is 13.6 Å². The summed E-state index contributed by atoms with van der Waals surface area (Å²) >= 11 is 0. The maximum atomic E-state index is 14.3. The summed E-state index contributed by atoms with van der Waals surface area (Å²) < 4.78 is 29.4. The summed E-state index contributed by atoms with van der Waals surface area (Å²) in [6.07, 6.45) is 1.26. The van der Waals surface area contributed by atoms with Crippen molar-refractivity contribution in [1.82, 2.24) is 19.6 Å². The predicted molar refractivity (Wildman–Crippen MR) is 98.0 cm³/mol. The third kappa shape index (κ3) is 3.18. The fourth-order valence-corrected chi connectivity index (χ4v) is 3.69. The number of aryl methyl sites for hydroxylation is 1. The molecule has 3 heterocycles. The molecule has 2 aromatic rings. The van der Waals surface area contributed by atoms with Crippen LogP contribution in [-0.2, 0) is 19.5 Å². The topological polar surface area (TPSA) is 94.3 Å². The van der Waals surface area contributed by atoms with Crippen LogP contribution in [0.1, 0.15) is 33.7 Å². The number of fused-ring (bicyclic) bond motifs is 3.